The minimum absolute atomic E-state index is 0.0598. The molecule has 45 heavy (non-hydrogen) atoms. The van der Waals surface area contributed by atoms with E-state index in [0.717, 1.165) is 33.8 Å². The van der Waals surface area contributed by atoms with Gasteiger partial charge in [-0.1, -0.05) is 103 Å². The van der Waals surface area contributed by atoms with Crippen LogP contribution in [0, 0.1) is 13.8 Å². The molecule has 0 saturated heterocycles. The van der Waals surface area contributed by atoms with Crippen LogP contribution in [0.4, 0.5) is 5.69 Å². The van der Waals surface area contributed by atoms with Crippen LogP contribution in [-0.4, -0.2) is 44.3 Å². The number of unbranched alkanes of at least 4 members (excludes halogenated alkanes) is 1. The summed E-state index contributed by atoms with van der Waals surface area (Å²) in [5.41, 5.74) is 3.60. The Hall–Kier alpha value is -4.14. The van der Waals surface area contributed by atoms with Gasteiger partial charge in [-0.2, -0.15) is 0 Å². The molecule has 1 N–H and O–H groups in total. The smallest absolute Gasteiger partial charge is 0.264 e. The Morgan fingerprint density at radius 3 is 2.18 bits per heavy atom. The van der Waals surface area contributed by atoms with Crippen LogP contribution in [0.5, 0.6) is 0 Å². The first-order valence-corrected chi connectivity index (χ1v) is 16.9. The average molecular weight is 646 g/mol. The molecule has 236 valence electrons. The molecule has 1 unspecified atom stereocenters. The topological polar surface area (TPSA) is 86.8 Å². The number of nitrogens with zero attached hydrogens (tertiary/aromatic N) is 2. The second-order valence-electron chi connectivity index (χ2n) is 11.1. The van der Waals surface area contributed by atoms with Crippen molar-refractivity contribution in [3.05, 3.63) is 130 Å². The number of halogens is 1. The van der Waals surface area contributed by atoms with Crippen molar-refractivity contribution < 1.29 is 18.0 Å². The van der Waals surface area contributed by atoms with Gasteiger partial charge < -0.3 is 10.2 Å². The van der Waals surface area contributed by atoms with E-state index in [0.29, 0.717) is 22.8 Å². The number of carbonyl (C=O) groups excluding carboxylic acids is 2. The van der Waals surface area contributed by atoms with Gasteiger partial charge in [0, 0.05) is 24.5 Å². The minimum Gasteiger partial charge on any atom is -0.354 e. The van der Waals surface area contributed by atoms with Gasteiger partial charge in [-0.15, -0.1) is 0 Å². The van der Waals surface area contributed by atoms with E-state index in [9.17, 15) is 18.0 Å². The molecule has 4 aromatic rings. The summed E-state index contributed by atoms with van der Waals surface area (Å²) in [4.78, 5) is 29.9. The van der Waals surface area contributed by atoms with Gasteiger partial charge in [0.1, 0.15) is 12.6 Å². The van der Waals surface area contributed by atoms with Gasteiger partial charge in [-0.3, -0.25) is 13.9 Å². The molecule has 0 radical (unpaired) electrons. The Morgan fingerprint density at radius 1 is 0.844 bits per heavy atom. The molecule has 0 aliphatic carbocycles. The highest BCUT2D eigenvalue weighted by Crippen LogP contribution is 2.28. The molecule has 0 bridgehead atoms. The van der Waals surface area contributed by atoms with E-state index in [4.69, 9.17) is 11.6 Å². The van der Waals surface area contributed by atoms with Gasteiger partial charge in [0.15, 0.2) is 0 Å². The van der Waals surface area contributed by atoms with Gasteiger partial charge in [-0.25, -0.2) is 8.42 Å². The summed E-state index contributed by atoms with van der Waals surface area (Å²) in [6.45, 7) is 5.75. The van der Waals surface area contributed by atoms with Crippen LogP contribution in [0.2, 0.25) is 5.02 Å². The Labute approximate surface area is 271 Å². The highest BCUT2D eigenvalue weighted by molar-refractivity contribution is 7.92. The van der Waals surface area contributed by atoms with Crippen LogP contribution in [0.25, 0.3) is 0 Å². The number of carbonyl (C=O) groups is 2. The van der Waals surface area contributed by atoms with Crippen LogP contribution in [0.1, 0.15) is 42.0 Å². The molecule has 0 aliphatic heterocycles. The number of aryl methyl sites for hydroxylation is 2. The monoisotopic (exact) mass is 645 g/mol. The summed E-state index contributed by atoms with van der Waals surface area (Å²) in [6.07, 6.45) is 1.94. The van der Waals surface area contributed by atoms with E-state index in [1.165, 1.54) is 4.90 Å². The molecule has 0 aliphatic rings. The van der Waals surface area contributed by atoms with Crippen molar-refractivity contribution in [2.24, 2.45) is 0 Å². The van der Waals surface area contributed by atoms with Crippen molar-refractivity contribution in [3.63, 3.8) is 0 Å². The van der Waals surface area contributed by atoms with Crippen molar-refractivity contribution in [2.75, 3.05) is 17.4 Å². The quantitative estimate of drug-likeness (QED) is 0.155. The number of amides is 2. The van der Waals surface area contributed by atoms with Crippen LogP contribution in [-0.2, 0) is 32.6 Å². The predicted octanol–water partition coefficient (Wildman–Crippen LogP) is 6.71. The number of nitrogens with one attached hydrogen (secondary N) is 1. The molecule has 0 heterocycles. The molecule has 7 nitrogen and oxygen atoms in total. The number of para-hydroxylation sites is 1. The maximum Gasteiger partial charge on any atom is 0.264 e. The van der Waals surface area contributed by atoms with E-state index in [1.54, 1.807) is 67.6 Å². The first kappa shape index (κ1) is 33.7. The maximum absolute atomic E-state index is 14.5. The van der Waals surface area contributed by atoms with Crippen molar-refractivity contribution in [1.82, 2.24) is 10.2 Å². The lowest BCUT2D eigenvalue weighted by Crippen LogP contribution is -2.53. The largest absolute Gasteiger partial charge is 0.354 e. The molecule has 9 heteroatoms. The molecular weight excluding hydrogens is 606 g/mol. The second kappa shape index (κ2) is 15.7. The maximum atomic E-state index is 14.5. The molecule has 0 saturated carbocycles. The zero-order chi connectivity index (χ0) is 32.4. The summed E-state index contributed by atoms with van der Waals surface area (Å²) in [6, 6.07) is 29.3. The molecule has 0 aromatic heterocycles. The first-order chi connectivity index (χ1) is 21.6. The molecule has 1 atom stereocenters. The minimum atomic E-state index is -4.16. The molecule has 4 rings (SSSR count). The Balaban J connectivity index is 1.80. The number of benzene rings is 4. The van der Waals surface area contributed by atoms with Crippen molar-refractivity contribution >= 4 is 39.1 Å². The Bertz CT molecular complexity index is 1700. The van der Waals surface area contributed by atoms with E-state index >= 15 is 0 Å². The lowest BCUT2D eigenvalue weighted by Gasteiger charge is -2.34. The van der Waals surface area contributed by atoms with E-state index in [1.807, 2.05) is 56.3 Å². The normalized spacial score (nSPS) is 11.9. The van der Waals surface area contributed by atoms with Gasteiger partial charge in [-0.05, 0) is 67.3 Å². The number of sulfonamides is 1. The fourth-order valence-corrected chi connectivity index (χ4v) is 6.78. The Morgan fingerprint density at radius 2 is 1.51 bits per heavy atom. The van der Waals surface area contributed by atoms with Crippen molar-refractivity contribution in [3.8, 4) is 0 Å². The summed E-state index contributed by atoms with van der Waals surface area (Å²) in [7, 11) is -4.16. The molecule has 2 amide bonds. The highest BCUT2D eigenvalue weighted by Gasteiger charge is 2.35. The lowest BCUT2D eigenvalue weighted by atomic mass is 10.0. The van der Waals surface area contributed by atoms with Gasteiger partial charge in [0.25, 0.3) is 10.0 Å². The van der Waals surface area contributed by atoms with Gasteiger partial charge in [0.05, 0.1) is 10.6 Å². The summed E-state index contributed by atoms with van der Waals surface area (Å²) >= 11 is 6.31. The van der Waals surface area contributed by atoms with Gasteiger partial charge in [0.2, 0.25) is 11.8 Å². The predicted molar refractivity (Wildman–Crippen MR) is 181 cm³/mol. The van der Waals surface area contributed by atoms with E-state index < -0.39 is 28.5 Å². The van der Waals surface area contributed by atoms with Gasteiger partial charge >= 0.3 is 0 Å². The standard InChI is InChI=1S/C36H40ClN3O4S/c1-4-5-22-38-36(42)34(24-29-13-7-6-8-14-29)39(25-30-15-11-16-31(37)23-30)35(41)26-40(33-17-10-9-12-28(33)3)45(43,44)32-20-18-27(2)19-21-32/h6-21,23,34H,4-5,22,24-26H2,1-3H3,(H,38,42). The molecular formula is C36H40ClN3O4S. The fraction of sp³-hybridized carbons (Fsp3) is 0.278. The van der Waals surface area contributed by atoms with Crippen LogP contribution >= 0.6 is 11.6 Å². The third kappa shape index (κ3) is 8.96. The van der Waals surface area contributed by atoms with Crippen molar-refractivity contribution in [1.29, 1.82) is 0 Å². The third-order valence-electron chi connectivity index (χ3n) is 7.61. The van der Waals surface area contributed by atoms with Crippen LogP contribution in [0.15, 0.2) is 108 Å². The zero-order valence-corrected chi connectivity index (χ0v) is 27.5. The zero-order valence-electron chi connectivity index (χ0n) is 25.9. The molecule has 0 spiro atoms. The van der Waals surface area contributed by atoms with E-state index in [2.05, 4.69) is 5.32 Å². The SMILES string of the molecule is CCCCNC(=O)C(Cc1ccccc1)N(Cc1cccc(Cl)c1)C(=O)CN(c1ccccc1C)S(=O)(=O)c1ccc(C)cc1. The first-order valence-electron chi connectivity index (χ1n) is 15.1. The summed E-state index contributed by atoms with van der Waals surface area (Å²) in [5, 5.41) is 3.50. The number of hydrogen-bond donors (Lipinski definition) is 1. The number of anilines is 1. The average Bonchev–Trinajstić information content (AvgIpc) is 3.02. The number of rotatable bonds is 14. The fourth-order valence-electron chi connectivity index (χ4n) is 5.09. The van der Waals surface area contributed by atoms with E-state index in [-0.39, 0.29) is 23.8 Å². The molecule has 4 aromatic carbocycles. The molecule has 0 fully saturated rings. The highest BCUT2D eigenvalue weighted by atomic mass is 35.5. The van der Waals surface area contributed by atoms with Crippen molar-refractivity contribution in [2.45, 2.75) is 57.5 Å². The summed E-state index contributed by atoms with van der Waals surface area (Å²) < 4.78 is 29.5. The third-order valence-corrected chi connectivity index (χ3v) is 9.62. The van der Waals surface area contributed by atoms with Crippen LogP contribution < -0.4 is 9.62 Å². The van der Waals surface area contributed by atoms with Crippen LogP contribution in [0.3, 0.4) is 0 Å². The number of hydrogen-bond acceptors (Lipinski definition) is 4. The lowest BCUT2D eigenvalue weighted by molar-refractivity contribution is -0.140. The summed E-state index contributed by atoms with van der Waals surface area (Å²) in [5.74, 6) is -0.813. The second-order valence-corrected chi connectivity index (χ2v) is 13.4. The Kier molecular flexibility index (Phi) is 11.8.